The third-order valence-electron chi connectivity index (χ3n) is 7.89. The number of benzene rings is 1. The molecule has 5 atom stereocenters. The number of halogens is 1. The van der Waals surface area contributed by atoms with Crippen molar-refractivity contribution in [3.63, 3.8) is 0 Å². The third kappa shape index (κ3) is 9.22. The maximum absolute atomic E-state index is 14.1. The Bertz CT molecular complexity index is 1100. The molecule has 1 saturated heterocycles. The van der Waals surface area contributed by atoms with Crippen LogP contribution >= 0.6 is 11.6 Å². The van der Waals surface area contributed by atoms with Gasteiger partial charge in [0.25, 0.3) is 0 Å². The van der Waals surface area contributed by atoms with E-state index in [0.717, 1.165) is 32.1 Å². The molecule has 1 aliphatic heterocycles. The average molecular weight is 593 g/mol. The maximum Gasteiger partial charge on any atom is 0.249 e. The van der Waals surface area contributed by atoms with E-state index in [4.69, 9.17) is 23.1 Å². The van der Waals surface area contributed by atoms with Gasteiger partial charge in [0.05, 0.1) is 5.02 Å². The number of phenolic OH excluding ortho intramolecular Hbond substituents is 1. The monoisotopic (exact) mass is 592 g/mol. The summed E-state index contributed by atoms with van der Waals surface area (Å²) < 4.78 is 0. The first-order chi connectivity index (χ1) is 19.5. The second kappa shape index (κ2) is 15.3. The Hall–Kier alpha value is -3.05. The molecule has 1 heterocycles. The number of nitrogens with two attached hydrogens (primary N) is 2. The molecule has 0 bridgehead atoms. The molecule has 228 valence electrons. The fourth-order valence-corrected chi connectivity index (χ4v) is 6.12. The summed E-state index contributed by atoms with van der Waals surface area (Å²) in [5.41, 5.74) is 11.3. The molecule has 1 aromatic carbocycles. The highest BCUT2D eigenvalue weighted by atomic mass is 35.5. The minimum absolute atomic E-state index is 0.0307. The van der Waals surface area contributed by atoms with Crippen LogP contribution in [0.25, 0.3) is 0 Å². The zero-order valence-electron chi connectivity index (χ0n) is 24.0. The van der Waals surface area contributed by atoms with Gasteiger partial charge in [-0.25, -0.2) is 0 Å². The number of hydrogen-bond donors (Lipinski definition) is 6. The highest BCUT2D eigenvalue weighted by Gasteiger charge is 2.49. The molecule has 1 aromatic rings. The van der Waals surface area contributed by atoms with E-state index >= 15 is 0 Å². The number of aliphatic hydroxyl groups is 1. The highest BCUT2D eigenvalue weighted by molar-refractivity contribution is 6.32. The molecular weight excluding hydrogens is 548 g/mol. The maximum atomic E-state index is 14.1. The molecule has 2 fully saturated rings. The van der Waals surface area contributed by atoms with Crippen LogP contribution in [0.1, 0.15) is 70.8 Å². The molecule has 0 spiro atoms. The average Bonchev–Trinajstić information content (AvgIpc) is 3.31. The Morgan fingerprint density at radius 1 is 1.17 bits per heavy atom. The Morgan fingerprint density at radius 2 is 1.90 bits per heavy atom. The zero-order valence-corrected chi connectivity index (χ0v) is 24.8. The largest absolute Gasteiger partial charge is 0.506 e. The number of aliphatic hydroxyl groups excluding tert-OH is 1. The number of aliphatic imine (C=N–C) groups is 1. The molecule has 1 saturated carbocycles. The fraction of sp³-hybridized carbons (Fsp3) is 0.655. The Labute approximate surface area is 247 Å². The summed E-state index contributed by atoms with van der Waals surface area (Å²) in [6, 6.07) is 2.93. The molecule has 11 nitrogen and oxygen atoms in total. The predicted molar refractivity (Wildman–Crippen MR) is 158 cm³/mol. The van der Waals surface area contributed by atoms with Gasteiger partial charge in [-0.1, -0.05) is 44.4 Å². The normalized spacial score (nSPS) is 21.6. The number of rotatable bonds is 13. The molecule has 0 aromatic heterocycles. The van der Waals surface area contributed by atoms with Gasteiger partial charge in [-0.15, -0.1) is 0 Å². The molecular formula is C29H45ClN6O5. The van der Waals surface area contributed by atoms with E-state index in [1.165, 1.54) is 12.1 Å². The minimum Gasteiger partial charge on any atom is -0.506 e. The van der Waals surface area contributed by atoms with Crippen LogP contribution in [0.5, 0.6) is 5.75 Å². The van der Waals surface area contributed by atoms with Crippen LogP contribution in [0.2, 0.25) is 5.02 Å². The second-order valence-electron chi connectivity index (χ2n) is 11.6. The first-order valence-corrected chi connectivity index (χ1v) is 15.0. The molecule has 12 heteroatoms. The predicted octanol–water partition coefficient (Wildman–Crippen LogP) is 1.81. The number of likely N-dealkylation sites (tertiary alicyclic amines) is 1. The van der Waals surface area contributed by atoms with Gasteiger partial charge in [0, 0.05) is 25.6 Å². The van der Waals surface area contributed by atoms with E-state index in [2.05, 4.69) is 15.6 Å². The fourth-order valence-electron chi connectivity index (χ4n) is 5.92. The van der Waals surface area contributed by atoms with E-state index in [0.29, 0.717) is 37.9 Å². The molecule has 3 amide bonds. The van der Waals surface area contributed by atoms with Gasteiger partial charge in [0.2, 0.25) is 17.7 Å². The van der Waals surface area contributed by atoms with Crippen molar-refractivity contribution in [1.82, 2.24) is 15.5 Å². The Morgan fingerprint density at radius 3 is 2.59 bits per heavy atom. The van der Waals surface area contributed by atoms with Crippen molar-refractivity contribution in [3.8, 4) is 5.75 Å². The number of nitrogens with zero attached hydrogens (tertiary/aromatic N) is 2. The number of aromatic hydroxyl groups is 1. The van der Waals surface area contributed by atoms with Crippen LogP contribution in [-0.2, 0) is 20.8 Å². The second-order valence-corrected chi connectivity index (χ2v) is 12.0. The summed E-state index contributed by atoms with van der Waals surface area (Å²) in [5, 5.41) is 26.2. The zero-order chi connectivity index (χ0) is 30.1. The molecule has 5 unspecified atom stereocenters. The van der Waals surface area contributed by atoms with Crippen LogP contribution in [0, 0.1) is 11.8 Å². The number of carbonyl (C=O) groups excluding carboxylic acids is 3. The third-order valence-corrected chi connectivity index (χ3v) is 8.19. The molecule has 1 aliphatic carbocycles. The van der Waals surface area contributed by atoms with Gasteiger partial charge < -0.3 is 37.2 Å². The number of amides is 3. The number of nitrogens with one attached hydrogen (secondary N) is 2. The van der Waals surface area contributed by atoms with Crippen molar-refractivity contribution in [2.24, 2.45) is 28.3 Å². The van der Waals surface area contributed by atoms with E-state index in [1.54, 1.807) is 11.0 Å². The summed E-state index contributed by atoms with van der Waals surface area (Å²) in [5.74, 6) is -0.868. The number of hydrogen-bond acceptors (Lipinski definition) is 6. The number of guanidine groups is 1. The first kappa shape index (κ1) is 32.5. The molecule has 3 rings (SSSR count). The van der Waals surface area contributed by atoms with Crippen molar-refractivity contribution < 1.29 is 24.6 Å². The first-order valence-electron chi connectivity index (χ1n) is 14.6. The van der Waals surface area contributed by atoms with Crippen LogP contribution in [0.4, 0.5) is 0 Å². The molecule has 2 aliphatic rings. The van der Waals surface area contributed by atoms with Crippen LogP contribution < -0.4 is 22.1 Å². The van der Waals surface area contributed by atoms with Gasteiger partial charge in [-0.3, -0.25) is 19.4 Å². The van der Waals surface area contributed by atoms with E-state index in [9.17, 15) is 24.6 Å². The summed E-state index contributed by atoms with van der Waals surface area (Å²) in [6.45, 7) is 4.85. The topological polar surface area (TPSA) is 183 Å². The van der Waals surface area contributed by atoms with Crippen molar-refractivity contribution in [1.29, 1.82) is 0 Å². The van der Waals surface area contributed by atoms with E-state index in [-0.39, 0.29) is 52.8 Å². The lowest BCUT2D eigenvalue weighted by molar-refractivity contribution is -0.145. The number of carbonyl (C=O) groups is 3. The van der Waals surface area contributed by atoms with Gasteiger partial charge >= 0.3 is 0 Å². The number of phenols is 1. The highest BCUT2D eigenvalue weighted by Crippen LogP contribution is 2.40. The van der Waals surface area contributed by atoms with Crippen molar-refractivity contribution in [2.45, 2.75) is 95.9 Å². The smallest absolute Gasteiger partial charge is 0.249 e. The van der Waals surface area contributed by atoms with E-state index in [1.807, 2.05) is 13.8 Å². The Balaban J connectivity index is 1.70. The van der Waals surface area contributed by atoms with E-state index < -0.39 is 24.1 Å². The van der Waals surface area contributed by atoms with Gasteiger partial charge in [-0.2, -0.15) is 0 Å². The summed E-state index contributed by atoms with van der Waals surface area (Å²) in [7, 11) is 0. The quantitative estimate of drug-likeness (QED) is 0.115. The lowest BCUT2D eigenvalue weighted by Gasteiger charge is -2.36. The van der Waals surface area contributed by atoms with Crippen LogP contribution in [-0.4, -0.2) is 76.1 Å². The SMILES string of the molecule is CC(C)CC(NC(=O)C(O)Cc1ccc(O)c(Cl)c1)C(=O)N1C(C(=O)NCCCCN=C(N)N)CC2CCCCC21. The van der Waals surface area contributed by atoms with Crippen molar-refractivity contribution >= 4 is 35.3 Å². The van der Waals surface area contributed by atoms with Gasteiger partial charge in [-0.05, 0) is 68.1 Å². The number of unbranched alkanes of at least 4 members (excludes halogenated alkanes) is 1. The molecule has 8 N–H and O–H groups in total. The van der Waals surface area contributed by atoms with Crippen molar-refractivity contribution in [3.05, 3.63) is 28.8 Å². The van der Waals surface area contributed by atoms with Gasteiger partial charge in [0.15, 0.2) is 5.96 Å². The van der Waals surface area contributed by atoms with Crippen LogP contribution in [0.15, 0.2) is 23.2 Å². The van der Waals surface area contributed by atoms with Crippen molar-refractivity contribution in [2.75, 3.05) is 13.1 Å². The minimum atomic E-state index is -1.42. The summed E-state index contributed by atoms with van der Waals surface area (Å²) in [4.78, 5) is 46.2. The Kier molecular flexibility index (Phi) is 12.1. The standard InChI is InChI=1S/C29H45ClN6O5/c1-17(2)13-21(35-27(40)25(38)15-18-9-10-24(37)20(30)14-18)28(41)36-22-8-4-3-7-19(22)16-23(36)26(39)33-11-5-6-12-34-29(31)32/h9-10,14,17,19,21-23,25,37-38H,3-8,11-13,15-16H2,1-2H3,(H,33,39)(H,35,40)(H4,31,32,34). The summed E-state index contributed by atoms with van der Waals surface area (Å²) >= 11 is 5.96. The lowest BCUT2D eigenvalue weighted by atomic mass is 9.84. The van der Waals surface area contributed by atoms with Gasteiger partial charge in [0.1, 0.15) is 23.9 Å². The summed E-state index contributed by atoms with van der Waals surface area (Å²) in [6.07, 6.45) is 4.79. The number of fused-ring (bicyclic) bond motifs is 1. The molecule has 0 radical (unpaired) electrons. The molecule has 41 heavy (non-hydrogen) atoms. The lowest BCUT2D eigenvalue weighted by Crippen LogP contribution is -2.57. The van der Waals surface area contributed by atoms with Crippen LogP contribution in [0.3, 0.4) is 0 Å².